The molecule has 0 bridgehead atoms. The van der Waals surface area contributed by atoms with E-state index in [1.165, 1.54) is 0 Å². The van der Waals surface area contributed by atoms with Crippen LogP contribution in [0.2, 0.25) is 0 Å². The van der Waals surface area contributed by atoms with Crippen LogP contribution in [0.5, 0.6) is 0 Å². The summed E-state index contributed by atoms with van der Waals surface area (Å²) in [5.41, 5.74) is 6.30. The molecule has 0 spiro atoms. The summed E-state index contributed by atoms with van der Waals surface area (Å²) in [6.45, 7) is 0. The van der Waals surface area contributed by atoms with Crippen molar-refractivity contribution < 1.29 is 4.79 Å². The molecule has 4 aromatic rings. The number of carbonyl (C=O) groups excluding carboxylic acids is 1. The Morgan fingerprint density at radius 3 is 2.56 bits per heavy atom. The van der Waals surface area contributed by atoms with Crippen LogP contribution in [-0.2, 0) is 4.79 Å². The third kappa shape index (κ3) is 2.75. The maximum Gasteiger partial charge on any atom is 0.257 e. The summed E-state index contributed by atoms with van der Waals surface area (Å²) in [7, 11) is 0. The van der Waals surface area contributed by atoms with Crippen molar-refractivity contribution in [2.24, 2.45) is 0 Å². The van der Waals surface area contributed by atoms with E-state index in [9.17, 15) is 4.79 Å². The van der Waals surface area contributed by atoms with Crippen LogP contribution in [-0.4, -0.2) is 15.9 Å². The van der Waals surface area contributed by atoms with Gasteiger partial charge in [0, 0.05) is 17.5 Å². The molecule has 1 amide bonds. The van der Waals surface area contributed by atoms with Crippen LogP contribution in [0.25, 0.3) is 27.7 Å². The van der Waals surface area contributed by atoms with Gasteiger partial charge in [-0.2, -0.15) is 0 Å². The number of amides is 1. The Labute approximate surface area is 155 Å². The molecule has 5 heteroatoms. The minimum atomic E-state index is -0.126. The predicted molar refractivity (Wildman–Crippen MR) is 108 cm³/mol. The van der Waals surface area contributed by atoms with Gasteiger partial charge in [0.15, 0.2) is 0 Å². The van der Waals surface area contributed by atoms with Crippen LogP contribution in [0.1, 0.15) is 5.56 Å². The average molecular weight is 352 g/mol. The third-order valence-electron chi connectivity index (χ3n) is 4.65. The summed E-state index contributed by atoms with van der Waals surface area (Å²) in [6.07, 6.45) is 1.70. The van der Waals surface area contributed by atoms with Gasteiger partial charge in [0.25, 0.3) is 5.91 Å². The van der Waals surface area contributed by atoms with Gasteiger partial charge in [-0.15, -0.1) is 0 Å². The molecule has 0 radical (unpaired) electrons. The van der Waals surface area contributed by atoms with E-state index in [2.05, 4.69) is 32.7 Å². The molecule has 3 N–H and O–H groups in total. The maximum absolute atomic E-state index is 12.4. The number of nitrogens with one attached hydrogen (secondary N) is 3. The van der Waals surface area contributed by atoms with E-state index in [4.69, 9.17) is 0 Å². The van der Waals surface area contributed by atoms with Gasteiger partial charge >= 0.3 is 0 Å². The van der Waals surface area contributed by atoms with E-state index in [0.29, 0.717) is 11.5 Å². The Morgan fingerprint density at radius 2 is 1.70 bits per heavy atom. The monoisotopic (exact) mass is 352 g/mol. The molecule has 130 valence electrons. The average Bonchev–Trinajstić information content (AvgIpc) is 3.26. The number of imidazole rings is 1. The van der Waals surface area contributed by atoms with Crippen LogP contribution >= 0.6 is 0 Å². The smallest absolute Gasteiger partial charge is 0.257 e. The van der Waals surface area contributed by atoms with Gasteiger partial charge in [0.05, 0.1) is 16.6 Å². The molecule has 1 aliphatic heterocycles. The molecule has 0 saturated heterocycles. The van der Waals surface area contributed by atoms with Gasteiger partial charge in [0.1, 0.15) is 0 Å². The van der Waals surface area contributed by atoms with Crippen molar-refractivity contribution in [2.75, 3.05) is 10.6 Å². The van der Waals surface area contributed by atoms with Crippen LogP contribution in [0.15, 0.2) is 79.0 Å². The molecule has 3 aromatic carbocycles. The highest BCUT2D eigenvalue weighted by Gasteiger charge is 2.24. The number of aromatic amines is 1. The lowest BCUT2D eigenvalue weighted by Gasteiger charge is -2.04. The first kappa shape index (κ1) is 15.4. The minimum Gasteiger partial charge on any atom is -0.332 e. The van der Waals surface area contributed by atoms with Crippen molar-refractivity contribution >= 4 is 34.1 Å². The van der Waals surface area contributed by atoms with E-state index in [1.807, 2.05) is 60.7 Å². The van der Waals surface area contributed by atoms with Crippen molar-refractivity contribution in [1.82, 2.24) is 9.97 Å². The van der Waals surface area contributed by atoms with E-state index < -0.39 is 0 Å². The number of hydrogen-bond acceptors (Lipinski definition) is 3. The number of anilines is 2. The Bertz CT molecular complexity index is 1160. The van der Waals surface area contributed by atoms with Gasteiger partial charge in [-0.1, -0.05) is 54.6 Å². The van der Waals surface area contributed by atoms with E-state index in [0.717, 1.165) is 33.4 Å². The highest BCUT2D eigenvalue weighted by atomic mass is 16.2. The van der Waals surface area contributed by atoms with Crippen molar-refractivity contribution in [2.45, 2.75) is 0 Å². The van der Waals surface area contributed by atoms with Crippen molar-refractivity contribution in [3.8, 4) is 11.1 Å². The number of benzene rings is 3. The van der Waals surface area contributed by atoms with Crippen molar-refractivity contribution in [3.05, 3.63) is 84.6 Å². The first-order valence-electron chi connectivity index (χ1n) is 8.70. The molecule has 27 heavy (non-hydrogen) atoms. The standard InChI is InChI=1S/C22H16N4O/c27-21-17(13-23-22-25-18-8-4-5-9-19(18)26-22)16-11-10-15(12-20(16)24-21)14-6-2-1-3-7-14/h1-13H,(H,24,27)(H2,23,25,26). The molecule has 0 atom stereocenters. The Morgan fingerprint density at radius 1 is 0.889 bits per heavy atom. The number of fused-ring (bicyclic) bond motifs is 2. The first-order chi connectivity index (χ1) is 13.3. The minimum absolute atomic E-state index is 0.126. The van der Waals surface area contributed by atoms with Gasteiger partial charge in [-0.05, 0) is 29.3 Å². The zero-order valence-corrected chi connectivity index (χ0v) is 14.4. The number of hydrogen-bond donors (Lipinski definition) is 3. The second-order valence-corrected chi connectivity index (χ2v) is 6.39. The molecule has 0 fully saturated rings. The fourth-order valence-electron chi connectivity index (χ4n) is 3.31. The lowest BCUT2D eigenvalue weighted by atomic mass is 10.0. The maximum atomic E-state index is 12.4. The molecule has 2 heterocycles. The molecule has 5 rings (SSSR count). The summed E-state index contributed by atoms with van der Waals surface area (Å²) in [5.74, 6) is 0.477. The highest BCUT2D eigenvalue weighted by Crippen LogP contribution is 2.35. The number of rotatable bonds is 3. The van der Waals surface area contributed by atoms with Crippen LogP contribution < -0.4 is 10.6 Å². The summed E-state index contributed by atoms with van der Waals surface area (Å²) in [5, 5.41) is 6.05. The number of carbonyl (C=O) groups is 1. The van der Waals surface area contributed by atoms with Gasteiger partial charge in [-0.3, -0.25) is 4.79 Å². The van der Waals surface area contributed by atoms with E-state index in [-0.39, 0.29) is 5.91 Å². The molecule has 1 aliphatic rings. The number of H-pyrrole nitrogens is 1. The SMILES string of the molecule is O=C1Nc2cc(-c3ccccc3)ccc2C1=CNc1nc2ccccc2[nH]1. The van der Waals surface area contributed by atoms with Crippen molar-refractivity contribution in [1.29, 1.82) is 0 Å². The fourth-order valence-corrected chi connectivity index (χ4v) is 3.31. The molecule has 0 saturated carbocycles. The zero-order valence-electron chi connectivity index (χ0n) is 14.4. The third-order valence-corrected chi connectivity index (χ3v) is 4.65. The Balaban J connectivity index is 1.46. The quantitative estimate of drug-likeness (QED) is 0.471. The summed E-state index contributed by atoms with van der Waals surface area (Å²) in [4.78, 5) is 20.1. The fraction of sp³-hybridized carbons (Fsp3) is 0. The normalized spacial score (nSPS) is 14.4. The van der Waals surface area contributed by atoms with Gasteiger partial charge in [-0.25, -0.2) is 4.98 Å². The molecule has 1 aromatic heterocycles. The van der Waals surface area contributed by atoms with Crippen molar-refractivity contribution in [3.63, 3.8) is 0 Å². The Hall–Kier alpha value is -3.86. The first-order valence-corrected chi connectivity index (χ1v) is 8.70. The highest BCUT2D eigenvalue weighted by molar-refractivity contribution is 6.31. The summed E-state index contributed by atoms with van der Waals surface area (Å²) < 4.78 is 0. The number of para-hydroxylation sites is 2. The zero-order chi connectivity index (χ0) is 18.2. The molecule has 0 unspecified atom stereocenters. The topological polar surface area (TPSA) is 69.8 Å². The summed E-state index contributed by atoms with van der Waals surface area (Å²) >= 11 is 0. The molecular formula is C22H16N4O. The number of nitrogens with zero attached hydrogens (tertiary/aromatic N) is 1. The lowest BCUT2D eigenvalue weighted by molar-refractivity contribution is -0.110. The molecule has 0 aliphatic carbocycles. The van der Waals surface area contributed by atoms with Gasteiger partial charge < -0.3 is 15.6 Å². The van der Waals surface area contributed by atoms with E-state index >= 15 is 0 Å². The molecular weight excluding hydrogens is 336 g/mol. The Kier molecular flexibility index (Phi) is 3.50. The van der Waals surface area contributed by atoms with Gasteiger partial charge in [0.2, 0.25) is 5.95 Å². The molecule has 5 nitrogen and oxygen atoms in total. The van der Waals surface area contributed by atoms with Crippen LogP contribution in [0, 0.1) is 0 Å². The second kappa shape index (κ2) is 6.14. The van der Waals surface area contributed by atoms with Crippen LogP contribution in [0.3, 0.4) is 0 Å². The lowest BCUT2D eigenvalue weighted by Crippen LogP contribution is -2.05. The largest absolute Gasteiger partial charge is 0.332 e. The summed E-state index contributed by atoms with van der Waals surface area (Å²) in [6, 6.07) is 23.9. The second-order valence-electron chi connectivity index (χ2n) is 6.39. The predicted octanol–water partition coefficient (Wildman–Crippen LogP) is 4.64. The number of aromatic nitrogens is 2. The van der Waals surface area contributed by atoms with Crippen LogP contribution in [0.4, 0.5) is 11.6 Å². The van der Waals surface area contributed by atoms with E-state index in [1.54, 1.807) is 6.20 Å².